The maximum Gasteiger partial charge on any atom is 0.252 e. The smallest absolute Gasteiger partial charge is 0.252 e. The molecule has 9 heteroatoms. The molecule has 1 aromatic heterocycles. The number of hydrogen-bond acceptors (Lipinski definition) is 6. The zero-order valence-corrected chi connectivity index (χ0v) is 11.7. The van der Waals surface area contributed by atoms with E-state index in [1.807, 2.05) is 0 Å². The molecule has 2 rings (SSSR count). The van der Waals surface area contributed by atoms with Crippen molar-refractivity contribution in [1.29, 1.82) is 5.26 Å². The van der Waals surface area contributed by atoms with Gasteiger partial charge in [0, 0.05) is 14.1 Å². The lowest BCUT2D eigenvalue weighted by atomic mass is 10.3. The van der Waals surface area contributed by atoms with Gasteiger partial charge in [0.25, 0.3) is 5.82 Å². The molecular formula is C11H12N6O2S. The number of anilines is 1. The van der Waals surface area contributed by atoms with E-state index in [2.05, 4.69) is 10.1 Å². The summed E-state index contributed by atoms with van der Waals surface area (Å²) in [6.45, 7) is 0. The Morgan fingerprint density at radius 3 is 2.65 bits per heavy atom. The predicted molar refractivity (Wildman–Crippen MR) is 71.4 cm³/mol. The quantitative estimate of drug-likeness (QED) is 0.794. The standard InChI is InChI=1S/C11H12N6O2S/c1-16(2)20(18,19)9-5-3-4-8(11(9)13)17-7-14-10(6-12)15-17/h3-5,7H,13H2,1-2H3. The van der Waals surface area contributed by atoms with Gasteiger partial charge < -0.3 is 5.73 Å². The lowest BCUT2D eigenvalue weighted by Gasteiger charge is -2.15. The van der Waals surface area contributed by atoms with E-state index in [0.717, 1.165) is 4.31 Å². The van der Waals surface area contributed by atoms with Crippen LogP contribution in [0.15, 0.2) is 29.4 Å². The summed E-state index contributed by atoms with van der Waals surface area (Å²) in [4.78, 5) is 3.74. The first-order chi connectivity index (χ1) is 9.37. The second-order valence-corrected chi connectivity index (χ2v) is 6.22. The van der Waals surface area contributed by atoms with Crippen LogP contribution in [-0.2, 0) is 10.0 Å². The molecule has 104 valence electrons. The van der Waals surface area contributed by atoms with Gasteiger partial charge in [0.15, 0.2) is 0 Å². The van der Waals surface area contributed by atoms with Crippen LogP contribution in [0.25, 0.3) is 5.69 Å². The molecule has 2 aromatic rings. The van der Waals surface area contributed by atoms with E-state index in [0.29, 0.717) is 5.69 Å². The summed E-state index contributed by atoms with van der Waals surface area (Å²) in [5, 5.41) is 12.6. The Morgan fingerprint density at radius 2 is 2.10 bits per heavy atom. The molecule has 0 bridgehead atoms. The lowest BCUT2D eigenvalue weighted by Crippen LogP contribution is -2.23. The number of nitriles is 1. The summed E-state index contributed by atoms with van der Waals surface area (Å²) >= 11 is 0. The molecule has 0 aliphatic heterocycles. The third-order valence-corrected chi connectivity index (χ3v) is 4.51. The van der Waals surface area contributed by atoms with E-state index in [1.54, 1.807) is 18.2 Å². The number of para-hydroxylation sites is 1. The van der Waals surface area contributed by atoms with Crippen LogP contribution in [0.1, 0.15) is 5.82 Å². The maximum absolute atomic E-state index is 12.1. The second kappa shape index (κ2) is 4.92. The van der Waals surface area contributed by atoms with Crippen LogP contribution >= 0.6 is 0 Å². The van der Waals surface area contributed by atoms with E-state index in [4.69, 9.17) is 11.0 Å². The number of nitrogens with two attached hydrogens (primary N) is 1. The van der Waals surface area contributed by atoms with Crippen LogP contribution in [-0.4, -0.2) is 41.6 Å². The summed E-state index contributed by atoms with van der Waals surface area (Å²) < 4.78 is 26.6. The minimum atomic E-state index is -3.66. The van der Waals surface area contributed by atoms with Crippen molar-refractivity contribution in [2.24, 2.45) is 0 Å². The Balaban J connectivity index is 2.62. The van der Waals surface area contributed by atoms with E-state index >= 15 is 0 Å². The van der Waals surface area contributed by atoms with E-state index in [9.17, 15) is 8.42 Å². The average Bonchev–Trinajstić information content (AvgIpc) is 2.87. The molecule has 0 fully saturated rings. The van der Waals surface area contributed by atoms with Gasteiger partial charge in [0.05, 0.1) is 11.4 Å². The molecule has 0 saturated carbocycles. The first-order valence-electron chi connectivity index (χ1n) is 5.51. The molecule has 0 radical (unpaired) electrons. The molecule has 1 heterocycles. The SMILES string of the molecule is CN(C)S(=O)(=O)c1cccc(-n2cnc(C#N)n2)c1N. The van der Waals surface area contributed by atoms with Crippen molar-refractivity contribution in [1.82, 2.24) is 19.1 Å². The fourth-order valence-electron chi connectivity index (χ4n) is 1.58. The highest BCUT2D eigenvalue weighted by Gasteiger charge is 2.22. The Hall–Kier alpha value is -2.44. The van der Waals surface area contributed by atoms with Gasteiger partial charge in [-0.25, -0.2) is 22.4 Å². The van der Waals surface area contributed by atoms with Gasteiger partial charge in [-0.05, 0) is 12.1 Å². The minimum absolute atomic E-state index is 0.0194. The van der Waals surface area contributed by atoms with Crippen molar-refractivity contribution in [3.05, 3.63) is 30.4 Å². The summed E-state index contributed by atoms with van der Waals surface area (Å²) in [5.41, 5.74) is 6.31. The zero-order chi connectivity index (χ0) is 14.9. The van der Waals surface area contributed by atoms with Gasteiger partial charge >= 0.3 is 0 Å². The van der Waals surface area contributed by atoms with Gasteiger partial charge in [0.2, 0.25) is 10.0 Å². The fourth-order valence-corrected chi connectivity index (χ4v) is 2.61. The molecular weight excluding hydrogens is 280 g/mol. The molecule has 0 spiro atoms. The molecule has 20 heavy (non-hydrogen) atoms. The number of aromatic nitrogens is 3. The highest BCUT2D eigenvalue weighted by Crippen LogP contribution is 2.26. The van der Waals surface area contributed by atoms with Crippen LogP contribution in [0.4, 0.5) is 5.69 Å². The largest absolute Gasteiger partial charge is 0.396 e. The molecule has 0 saturated heterocycles. The second-order valence-electron chi connectivity index (χ2n) is 4.10. The van der Waals surface area contributed by atoms with E-state index in [1.165, 1.54) is 31.2 Å². The summed E-state index contributed by atoms with van der Waals surface area (Å²) in [6.07, 6.45) is 1.30. The van der Waals surface area contributed by atoms with Gasteiger partial charge in [-0.15, -0.1) is 5.10 Å². The van der Waals surface area contributed by atoms with Crippen LogP contribution in [0.5, 0.6) is 0 Å². The van der Waals surface area contributed by atoms with Crippen LogP contribution in [0.3, 0.4) is 0 Å². The Morgan fingerprint density at radius 1 is 1.40 bits per heavy atom. The molecule has 0 aliphatic carbocycles. The Labute approximate surface area is 116 Å². The highest BCUT2D eigenvalue weighted by atomic mass is 32.2. The number of hydrogen-bond donors (Lipinski definition) is 1. The normalized spacial score (nSPS) is 11.5. The van der Waals surface area contributed by atoms with Crippen LogP contribution in [0.2, 0.25) is 0 Å². The number of benzene rings is 1. The van der Waals surface area contributed by atoms with Crippen molar-refractivity contribution in [2.75, 3.05) is 19.8 Å². The summed E-state index contributed by atoms with van der Waals surface area (Å²) in [5.74, 6) is -0.0229. The van der Waals surface area contributed by atoms with Gasteiger partial charge in [-0.2, -0.15) is 5.26 Å². The van der Waals surface area contributed by atoms with E-state index in [-0.39, 0.29) is 16.4 Å². The van der Waals surface area contributed by atoms with Crippen molar-refractivity contribution in [3.63, 3.8) is 0 Å². The topological polar surface area (TPSA) is 118 Å². The van der Waals surface area contributed by atoms with E-state index < -0.39 is 10.0 Å². The first kappa shape index (κ1) is 14.0. The van der Waals surface area contributed by atoms with Gasteiger partial charge in [-0.3, -0.25) is 0 Å². The number of nitrogens with zero attached hydrogens (tertiary/aromatic N) is 5. The Kier molecular flexibility index (Phi) is 3.44. The minimum Gasteiger partial charge on any atom is -0.396 e. The fraction of sp³-hybridized carbons (Fsp3) is 0.182. The molecule has 0 aliphatic rings. The van der Waals surface area contributed by atoms with Crippen molar-refractivity contribution in [3.8, 4) is 11.8 Å². The maximum atomic E-state index is 12.1. The summed E-state index contributed by atoms with van der Waals surface area (Å²) in [7, 11) is -0.812. The highest BCUT2D eigenvalue weighted by molar-refractivity contribution is 7.89. The third kappa shape index (κ3) is 2.22. The lowest BCUT2D eigenvalue weighted by molar-refractivity contribution is 0.521. The van der Waals surface area contributed by atoms with Crippen molar-refractivity contribution < 1.29 is 8.42 Å². The summed E-state index contributed by atoms with van der Waals surface area (Å²) in [6, 6.07) is 6.35. The van der Waals surface area contributed by atoms with Crippen molar-refractivity contribution in [2.45, 2.75) is 4.90 Å². The molecule has 2 N–H and O–H groups in total. The molecule has 0 atom stereocenters. The molecule has 1 aromatic carbocycles. The molecule has 0 unspecified atom stereocenters. The molecule has 8 nitrogen and oxygen atoms in total. The average molecular weight is 292 g/mol. The van der Waals surface area contributed by atoms with Crippen LogP contribution in [0, 0.1) is 11.3 Å². The third-order valence-electron chi connectivity index (χ3n) is 2.64. The Bertz CT molecular complexity index is 787. The predicted octanol–water partition coefficient (Wildman–Crippen LogP) is -0.0285. The number of nitrogen functional groups attached to an aromatic ring is 1. The first-order valence-corrected chi connectivity index (χ1v) is 6.95. The van der Waals surface area contributed by atoms with Gasteiger partial charge in [0.1, 0.15) is 17.3 Å². The monoisotopic (exact) mass is 292 g/mol. The zero-order valence-electron chi connectivity index (χ0n) is 10.8. The number of sulfonamides is 1. The van der Waals surface area contributed by atoms with Gasteiger partial charge in [-0.1, -0.05) is 6.07 Å². The number of rotatable bonds is 3. The van der Waals surface area contributed by atoms with Crippen molar-refractivity contribution >= 4 is 15.7 Å². The van der Waals surface area contributed by atoms with Crippen LogP contribution < -0.4 is 5.73 Å². The molecule has 0 amide bonds.